The highest BCUT2D eigenvalue weighted by molar-refractivity contribution is 6.01. The fraction of sp³-hybridized carbons (Fsp3) is 0.167. The summed E-state index contributed by atoms with van der Waals surface area (Å²) in [6.07, 6.45) is 0. The van der Waals surface area contributed by atoms with E-state index in [0.717, 1.165) is 16.9 Å². The summed E-state index contributed by atoms with van der Waals surface area (Å²) in [5, 5.41) is 1.17. The third-order valence-corrected chi connectivity index (χ3v) is 4.59. The molecule has 1 nitrogen and oxygen atoms in total. The van der Waals surface area contributed by atoms with E-state index in [1.54, 1.807) is 0 Å². The van der Waals surface area contributed by atoms with Crippen LogP contribution < -0.4 is 0 Å². The summed E-state index contributed by atoms with van der Waals surface area (Å²) in [6.45, 7) is 8.57. The zero-order valence-electron chi connectivity index (χ0n) is 15.2. The largest absolute Gasteiger partial charge is 0.455 e. The van der Waals surface area contributed by atoms with E-state index in [-0.39, 0.29) is 0 Å². The molecule has 0 aliphatic heterocycles. The Kier molecular flexibility index (Phi) is 3.73. The lowest BCUT2D eigenvalue weighted by molar-refractivity contribution is 0.632. The summed E-state index contributed by atoms with van der Waals surface area (Å²) in [7, 11) is 0. The molecular formula is C24H22O. The van der Waals surface area contributed by atoms with Crippen molar-refractivity contribution in [2.75, 3.05) is 0 Å². The van der Waals surface area contributed by atoms with Gasteiger partial charge in [-0.2, -0.15) is 0 Å². The third-order valence-electron chi connectivity index (χ3n) is 4.59. The third kappa shape index (κ3) is 2.87. The quantitative estimate of drug-likeness (QED) is 0.386. The minimum atomic E-state index is 0.936. The van der Waals surface area contributed by atoms with Crippen molar-refractivity contribution in [3.05, 3.63) is 82.9 Å². The minimum Gasteiger partial charge on any atom is -0.455 e. The number of hydrogen-bond acceptors (Lipinski definition) is 1. The molecule has 0 saturated carbocycles. The standard InChI is InChI=1S/C24H22O/c1-15-9-16(2)12-19(11-15)23-21-7-5-6-8-22(21)25-24(23)20-13-17(3)10-18(4)14-20/h5-14H,1-4H3. The van der Waals surface area contributed by atoms with Gasteiger partial charge < -0.3 is 4.42 Å². The summed E-state index contributed by atoms with van der Waals surface area (Å²) < 4.78 is 6.33. The molecule has 0 fully saturated rings. The van der Waals surface area contributed by atoms with E-state index in [9.17, 15) is 0 Å². The second kappa shape index (κ2) is 5.93. The molecule has 4 rings (SSSR count). The van der Waals surface area contributed by atoms with Gasteiger partial charge in [0.15, 0.2) is 0 Å². The van der Waals surface area contributed by atoms with Crippen molar-refractivity contribution in [2.45, 2.75) is 27.7 Å². The Bertz CT molecular complexity index is 1040. The molecule has 4 aromatic rings. The van der Waals surface area contributed by atoms with Gasteiger partial charge in [0, 0.05) is 16.5 Å². The van der Waals surface area contributed by atoms with Gasteiger partial charge in [-0.05, 0) is 51.5 Å². The molecule has 0 radical (unpaired) electrons. The molecule has 124 valence electrons. The highest BCUT2D eigenvalue weighted by atomic mass is 16.3. The maximum absolute atomic E-state index is 6.33. The zero-order valence-corrected chi connectivity index (χ0v) is 15.2. The lowest BCUT2D eigenvalue weighted by Gasteiger charge is -2.08. The molecule has 0 unspecified atom stereocenters. The van der Waals surface area contributed by atoms with Crippen molar-refractivity contribution in [2.24, 2.45) is 0 Å². The zero-order chi connectivity index (χ0) is 17.6. The van der Waals surface area contributed by atoms with Gasteiger partial charge in [0.1, 0.15) is 11.3 Å². The van der Waals surface area contributed by atoms with Crippen LogP contribution in [0.1, 0.15) is 22.3 Å². The van der Waals surface area contributed by atoms with Crippen LogP contribution in [0.3, 0.4) is 0 Å². The fourth-order valence-electron chi connectivity index (χ4n) is 3.76. The molecule has 0 saturated heterocycles. The molecule has 0 atom stereocenters. The van der Waals surface area contributed by atoms with Crippen molar-refractivity contribution in [1.29, 1.82) is 0 Å². The number of para-hydroxylation sites is 1. The lowest BCUT2D eigenvalue weighted by atomic mass is 9.95. The highest BCUT2D eigenvalue weighted by Gasteiger charge is 2.18. The van der Waals surface area contributed by atoms with Crippen molar-refractivity contribution in [3.63, 3.8) is 0 Å². The average Bonchev–Trinajstić information content (AvgIpc) is 2.92. The first-order chi connectivity index (χ1) is 12.0. The van der Waals surface area contributed by atoms with Gasteiger partial charge in [-0.15, -0.1) is 0 Å². The van der Waals surface area contributed by atoms with E-state index in [0.29, 0.717) is 0 Å². The number of benzene rings is 3. The summed E-state index contributed by atoms with van der Waals surface area (Å²) in [5.74, 6) is 0.956. The average molecular weight is 326 g/mol. The molecule has 0 aliphatic rings. The Balaban J connectivity index is 2.08. The van der Waals surface area contributed by atoms with Crippen LogP contribution in [-0.2, 0) is 0 Å². The van der Waals surface area contributed by atoms with Crippen LogP contribution >= 0.6 is 0 Å². The number of rotatable bonds is 2. The number of aryl methyl sites for hydroxylation is 4. The topological polar surface area (TPSA) is 13.1 Å². The van der Waals surface area contributed by atoms with E-state index in [1.807, 2.05) is 12.1 Å². The molecule has 0 spiro atoms. The second-order valence-electron chi connectivity index (χ2n) is 7.06. The van der Waals surface area contributed by atoms with E-state index in [2.05, 4.69) is 76.2 Å². The summed E-state index contributed by atoms with van der Waals surface area (Å²) in [5.41, 5.74) is 9.53. The lowest BCUT2D eigenvalue weighted by Crippen LogP contribution is -1.86. The van der Waals surface area contributed by atoms with Gasteiger partial charge >= 0.3 is 0 Å². The first-order valence-corrected chi connectivity index (χ1v) is 8.70. The van der Waals surface area contributed by atoms with Crippen LogP contribution in [0.4, 0.5) is 0 Å². The van der Waals surface area contributed by atoms with Crippen molar-refractivity contribution in [3.8, 4) is 22.5 Å². The number of hydrogen-bond donors (Lipinski definition) is 0. The number of fused-ring (bicyclic) bond motifs is 1. The molecule has 1 aromatic heterocycles. The fourth-order valence-corrected chi connectivity index (χ4v) is 3.76. The SMILES string of the molecule is Cc1cc(C)cc(-c2oc3ccccc3c2-c2cc(C)cc(C)c2)c1. The van der Waals surface area contributed by atoms with Gasteiger partial charge in [-0.3, -0.25) is 0 Å². The predicted molar refractivity (Wildman–Crippen MR) is 106 cm³/mol. The van der Waals surface area contributed by atoms with Gasteiger partial charge in [0.2, 0.25) is 0 Å². The molecule has 1 heteroatoms. The van der Waals surface area contributed by atoms with Gasteiger partial charge in [0.25, 0.3) is 0 Å². The summed E-state index contributed by atoms with van der Waals surface area (Å²) in [6, 6.07) is 21.6. The Labute approximate surface area is 148 Å². The Hall–Kier alpha value is -2.80. The van der Waals surface area contributed by atoms with E-state index in [4.69, 9.17) is 4.42 Å². The monoisotopic (exact) mass is 326 g/mol. The van der Waals surface area contributed by atoms with Crippen molar-refractivity contribution >= 4 is 11.0 Å². The molecule has 0 aliphatic carbocycles. The first kappa shape index (κ1) is 15.7. The smallest absolute Gasteiger partial charge is 0.143 e. The normalized spacial score (nSPS) is 11.2. The van der Waals surface area contributed by atoms with Crippen molar-refractivity contribution in [1.82, 2.24) is 0 Å². The maximum Gasteiger partial charge on any atom is 0.143 e. The maximum atomic E-state index is 6.33. The van der Waals surface area contributed by atoms with Crippen LogP contribution in [0, 0.1) is 27.7 Å². The molecule has 0 N–H and O–H groups in total. The van der Waals surface area contributed by atoms with Crippen molar-refractivity contribution < 1.29 is 4.42 Å². The van der Waals surface area contributed by atoms with Gasteiger partial charge in [0.05, 0.1) is 0 Å². The van der Waals surface area contributed by atoms with E-state index >= 15 is 0 Å². The molecule has 0 amide bonds. The van der Waals surface area contributed by atoms with E-state index < -0.39 is 0 Å². The van der Waals surface area contributed by atoms with Crippen LogP contribution in [0.15, 0.2) is 65.1 Å². The first-order valence-electron chi connectivity index (χ1n) is 8.70. The predicted octanol–water partition coefficient (Wildman–Crippen LogP) is 7.00. The molecule has 1 heterocycles. The van der Waals surface area contributed by atoms with E-state index in [1.165, 1.54) is 38.8 Å². The van der Waals surface area contributed by atoms with Crippen LogP contribution in [0.2, 0.25) is 0 Å². The molecule has 25 heavy (non-hydrogen) atoms. The second-order valence-corrected chi connectivity index (χ2v) is 7.06. The Morgan fingerprint density at radius 2 is 1.12 bits per heavy atom. The Morgan fingerprint density at radius 1 is 0.600 bits per heavy atom. The Morgan fingerprint density at radius 3 is 1.72 bits per heavy atom. The van der Waals surface area contributed by atoms with Crippen LogP contribution in [0.25, 0.3) is 33.4 Å². The molecular weight excluding hydrogens is 304 g/mol. The highest BCUT2D eigenvalue weighted by Crippen LogP contribution is 2.41. The minimum absolute atomic E-state index is 0.936. The summed E-state index contributed by atoms with van der Waals surface area (Å²) >= 11 is 0. The molecule has 0 bridgehead atoms. The van der Waals surface area contributed by atoms with Crippen LogP contribution in [0.5, 0.6) is 0 Å². The van der Waals surface area contributed by atoms with Gasteiger partial charge in [-0.1, -0.05) is 64.7 Å². The number of furan rings is 1. The van der Waals surface area contributed by atoms with Gasteiger partial charge in [-0.25, -0.2) is 0 Å². The molecule has 3 aromatic carbocycles. The van der Waals surface area contributed by atoms with Crippen LogP contribution in [-0.4, -0.2) is 0 Å². The summed E-state index contributed by atoms with van der Waals surface area (Å²) in [4.78, 5) is 0.